The molecule has 0 amide bonds. The summed E-state index contributed by atoms with van der Waals surface area (Å²) < 4.78 is 0. The maximum Gasteiger partial charge on any atom is -0.00152 e. The molecule has 0 fully saturated rings. The molecule has 0 unspecified atom stereocenters. The van der Waals surface area contributed by atoms with Crippen molar-refractivity contribution in [2.24, 2.45) is 0 Å². The summed E-state index contributed by atoms with van der Waals surface area (Å²) in [7, 11) is 0. The molecule has 0 spiro atoms. The molecule has 0 atom stereocenters. The minimum Gasteiger partial charge on any atom is -0.128 e. The molecule has 54 valence electrons. The van der Waals surface area contributed by atoms with Crippen molar-refractivity contribution in [3.8, 4) is 0 Å². The highest BCUT2D eigenvalue weighted by Gasteiger charge is 1.79. The van der Waals surface area contributed by atoms with Crippen molar-refractivity contribution in [1.82, 2.24) is 0 Å². The lowest BCUT2D eigenvalue weighted by Crippen LogP contribution is -1.67. The Labute approximate surface area is 63.3 Å². The van der Waals surface area contributed by atoms with E-state index in [9.17, 15) is 0 Å². The van der Waals surface area contributed by atoms with Crippen molar-refractivity contribution in [3.63, 3.8) is 0 Å². The van der Waals surface area contributed by atoms with Crippen LogP contribution in [0.25, 0.3) is 0 Å². The first-order chi connectivity index (χ1) is 4.70. The van der Waals surface area contributed by atoms with Gasteiger partial charge in [0.2, 0.25) is 0 Å². The van der Waals surface area contributed by atoms with Gasteiger partial charge in [0.15, 0.2) is 0 Å². The molecule has 0 rings (SSSR count). The first-order valence-corrected chi connectivity index (χ1v) is 3.49. The number of allylic oxidation sites excluding steroid dienone is 2. The molecule has 0 saturated carbocycles. The fraction of sp³-hybridized carbons (Fsp3) is 0.400. The largest absolute Gasteiger partial charge is 0.128 e. The molecule has 0 nitrogen and oxygen atoms in total. The number of hydrogen-bond donors (Lipinski definition) is 0. The molecule has 0 aliphatic rings. The van der Waals surface area contributed by atoms with Crippen LogP contribution in [0.1, 0.15) is 27.2 Å². The molecule has 0 saturated heterocycles. The average Bonchev–Trinajstić information content (AvgIpc) is 1.88. The zero-order chi connectivity index (χ0) is 7.98. The van der Waals surface area contributed by atoms with Crippen LogP contribution < -0.4 is 0 Å². The van der Waals surface area contributed by atoms with E-state index >= 15 is 0 Å². The summed E-state index contributed by atoms with van der Waals surface area (Å²) in [6.07, 6.45) is 2.89. The Balaban J connectivity index is 4.56. The highest BCUT2D eigenvalue weighted by atomic mass is 13.8. The van der Waals surface area contributed by atoms with Gasteiger partial charge in [-0.05, 0) is 37.5 Å². The molecule has 0 N–H and O–H groups in total. The lowest BCUT2D eigenvalue weighted by Gasteiger charge is -1.86. The van der Waals surface area contributed by atoms with Crippen LogP contribution in [0.5, 0.6) is 0 Å². The predicted molar refractivity (Wildman–Crippen MR) is 45.9 cm³/mol. The predicted octanol–water partition coefficient (Wildman–Crippen LogP) is 3.23. The van der Waals surface area contributed by atoms with Gasteiger partial charge in [-0.1, -0.05) is 13.5 Å². The average molecular weight is 134 g/mol. The third kappa shape index (κ3) is 3.97. The molecular formula is C10H14. The molecular weight excluding hydrogens is 120 g/mol. The fourth-order valence-corrected chi connectivity index (χ4v) is 0.614. The molecule has 0 aliphatic carbocycles. The highest BCUT2D eigenvalue weighted by molar-refractivity contribution is 5.16. The van der Waals surface area contributed by atoms with Gasteiger partial charge in [-0.15, -0.1) is 11.5 Å². The van der Waals surface area contributed by atoms with Gasteiger partial charge < -0.3 is 0 Å². The molecule has 0 aromatic rings. The van der Waals surface area contributed by atoms with E-state index in [1.807, 2.05) is 13.0 Å². The quantitative estimate of drug-likeness (QED) is 0.402. The van der Waals surface area contributed by atoms with Gasteiger partial charge in [0, 0.05) is 0 Å². The number of rotatable bonds is 2. The fourth-order valence-electron chi connectivity index (χ4n) is 0.614. The minimum absolute atomic E-state index is 1.06. The first kappa shape index (κ1) is 9.04. The first-order valence-electron chi connectivity index (χ1n) is 3.49. The zero-order valence-corrected chi connectivity index (χ0v) is 6.99. The molecule has 0 radical (unpaired) electrons. The molecule has 0 aromatic heterocycles. The summed E-state index contributed by atoms with van der Waals surface area (Å²) >= 11 is 0. The lowest BCUT2D eigenvalue weighted by atomic mass is 10.2. The van der Waals surface area contributed by atoms with E-state index in [1.165, 1.54) is 5.57 Å². The van der Waals surface area contributed by atoms with Gasteiger partial charge >= 0.3 is 0 Å². The highest BCUT2D eigenvalue weighted by Crippen LogP contribution is 1.98. The SMILES string of the molecule is C=C=CC(C)=C=C(C)CC. The lowest BCUT2D eigenvalue weighted by molar-refractivity contribution is 1.10. The van der Waals surface area contributed by atoms with E-state index < -0.39 is 0 Å². The Morgan fingerprint density at radius 1 is 1.50 bits per heavy atom. The summed E-state index contributed by atoms with van der Waals surface area (Å²) in [4.78, 5) is 0. The third-order valence-electron chi connectivity index (χ3n) is 1.26. The molecule has 0 aliphatic heterocycles. The Bertz CT molecular complexity index is 206. The van der Waals surface area contributed by atoms with Crippen molar-refractivity contribution in [2.75, 3.05) is 0 Å². The van der Waals surface area contributed by atoms with Gasteiger partial charge in [0.25, 0.3) is 0 Å². The van der Waals surface area contributed by atoms with Crippen molar-refractivity contribution < 1.29 is 0 Å². The monoisotopic (exact) mass is 134 g/mol. The molecule has 0 heteroatoms. The van der Waals surface area contributed by atoms with Crippen molar-refractivity contribution in [2.45, 2.75) is 27.2 Å². The van der Waals surface area contributed by atoms with E-state index in [1.54, 1.807) is 0 Å². The summed E-state index contributed by atoms with van der Waals surface area (Å²) in [6, 6.07) is 0. The Hall–Kier alpha value is -0.960. The van der Waals surface area contributed by atoms with Crippen LogP contribution in [0.2, 0.25) is 0 Å². The summed E-state index contributed by atoms with van der Waals surface area (Å²) in [6.45, 7) is 9.67. The van der Waals surface area contributed by atoms with Crippen LogP contribution in [-0.2, 0) is 0 Å². The third-order valence-corrected chi connectivity index (χ3v) is 1.26. The summed E-state index contributed by atoms with van der Waals surface area (Å²) in [5.41, 5.74) is 8.27. The normalized spacial score (nSPS) is 7.50. The second-order valence-electron chi connectivity index (χ2n) is 2.29. The van der Waals surface area contributed by atoms with Gasteiger partial charge in [-0.2, -0.15) is 0 Å². The summed E-state index contributed by atoms with van der Waals surface area (Å²) in [5.74, 6) is 0. The Kier molecular flexibility index (Phi) is 4.41. The van der Waals surface area contributed by atoms with Crippen molar-refractivity contribution in [1.29, 1.82) is 0 Å². The topological polar surface area (TPSA) is 0 Å². The van der Waals surface area contributed by atoms with E-state index in [0.717, 1.165) is 12.0 Å². The molecule has 0 aromatic carbocycles. The van der Waals surface area contributed by atoms with Gasteiger partial charge in [0.1, 0.15) is 0 Å². The van der Waals surface area contributed by atoms with Gasteiger partial charge in [-0.3, -0.25) is 0 Å². The molecule has 0 heterocycles. The summed E-state index contributed by atoms with van der Waals surface area (Å²) in [5, 5.41) is 0. The van der Waals surface area contributed by atoms with Crippen LogP contribution in [0.4, 0.5) is 0 Å². The minimum atomic E-state index is 1.06. The van der Waals surface area contributed by atoms with E-state index in [2.05, 4.69) is 31.9 Å². The molecule has 10 heavy (non-hydrogen) atoms. The smallest absolute Gasteiger partial charge is 0.00152 e. The van der Waals surface area contributed by atoms with Gasteiger partial charge in [0.05, 0.1) is 0 Å². The van der Waals surface area contributed by atoms with Crippen LogP contribution in [0, 0.1) is 0 Å². The zero-order valence-electron chi connectivity index (χ0n) is 6.99. The Morgan fingerprint density at radius 2 is 2.10 bits per heavy atom. The second kappa shape index (κ2) is 4.88. The van der Waals surface area contributed by atoms with Crippen molar-refractivity contribution in [3.05, 3.63) is 35.3 Å². The van der Waals surface area contributed by atoms with E-state index in [4.69, 9.17) is 0 Å². The Morgan fingerprint density at radius 3 is 2.50 bits per heavy atom. The van der Waals surface area contributed by atoms with Crippen LogP contribution >= 0.6 is 0 Å². The van der Waals surface area contributed by atoms with Crippen LogP contribution in [0.15, 0.2) is 35.3 Å². The van der Waals surface area contributed by atoms with Crippen LogP contribution in [0.3, 0.4) is 0 Å². The van der Waals surface area contributed by atoms with Crippen molar-refractivity contribution >= 4 is 0 Å². The molecule has 0 bridgehead atoms. The maximum atomic E-state index is 3.48. The van der Waals surface area contributed by atoms with E-state index in [-0.39, 0.29) is 0 Å². The second-order valence-corrected chi connectivity index (χ2v) is 2.29. The van der Waals surface area contributed by atoms with Gasteiger partial charge in [-0.25, -0.2) is 0 Å². The standard InChI is InChI=1S/C10H14/c1-5-7-10(4)8-9(3)6-2/h7H,1,6H2,2-4H3. The van der Waals surface area contributed by atoms with E-state index in [0.29, 0.717) is 0 Å². The maximum absolute atomic E-state index is 3.48. The number of hydrogen-bond acceptors (Lipinski definition) is 0. The van der Waals surface area contributed by atoms with Crippen LogP contribution in [-0.4, -0.2) is 0 Å².